The minimum absolute atomic E-state index is 0.111. The zero-order valence-corrected chi connectivity index (χ0v) is 16.3. The summed E-state index contributed by atoms with van der Waals surface area (Å²) in [6.07, 6.45) is 0. The number of nitrogens with zero attached hydrogens (tertiary/aromatic N) is 3. The molecule has 0 N–H and O–H groups in total. The van der Waals surface area contributed by atoms with E-state index in [-0.39, 0.29) is 23.0 Å². The van der Waals surface area contributed by atoms with Gasteiger partial charge in [0.2, 0.25) is 5.89 Å². The first-order valence-corrected chi connectivity index (χ1v) is 11.0. The van der Waals surface area contributed by atoms with Gasteiger partial charge in [0.1, 0.15) is 5.76 Å². The van der Waals surface area contributed by atoms with Crippen LogP contribution in [0.15, 0.2) is 21.9 Å². The molecule has 0 radical (unpaired) electrons. The maximum atomic E-state index is 12.5. The van der Waals surface area contributed by atoms with Crippen molar-refractivity contribution in [2.24, 2.45) is 5.92 Å². The van der Waals surface area contributed by atoms with Crippen molar-refractivity contribution in [3.8, 4) is 10.8 Å². The van der Waals surface area contributed by atoms with Gasteiger partial charge in [-0.2, -0.15) is 0 Å². The van der Waals surface area contributed by atoms with Crippen LogP contribution in [0.1, 0.15) is 11.5 Å². The molecule has 2 aromatic rings. The lowest BCUT2D eigenvalue weighted by Gasteiger charge is -2.24. The van der Waals surface area contributed by atoms with Crippen LogP contribution < -0.4 is 0 Å². The highest BCUT2D eigenvalue weighted by molar-refractivity contribution is 7.92. The van der Waals surface area contributed by atoms with Crippen LogP contribution in [0.3, 0.4) is 0 Å². The van der Waals surface area contributed by atoms with Crippen LogP contribution in [0.5, 0.6) is 0 Å². The fourth-order valence-corrected chi connectivity index (χ4v) is 7.22. The molecule has 2 aliphatic rings. The van der Waals surface area contributed by atoms with Gasteiger partial charge in [-0.25, -0.2) is 13.4 Å². The summed E-state index contributed by atoms with van der Waals surface area (Å²) in [6, 6.07) is 4.08. The van der Waals surface area contributed by atoms with Crippen molar-refractivity contribution in [3.63, 3.8) is 0 Å². The normalized spacial score (nSPS) is 28.7. The van der Waals surface area contributed by atoms with Crippen molar-refractivity contribution < 1.29 is 12.8 Å². The Hall–Kier alpha value is -1.22. The number of hydrogen-bond donors (Lipinski definition) is 0. The second-order valence-electron chi connectivity index (χ2n) is 7.26. The van der Waals surface area contributed by atoms with Gasteiger partial charge in [-0.05, 0) is 32.5 Å². The van der Waals surface area contributed by atoms with Gasteiger partial charge >= 0.3 is 0 Å². The van der Waals surface area contributed by atoms with Gasteiger partial charge in [0, 0.05) is 31.6 Å². The molecule has 136 valence electrons. The third kappa shape index (κ3) is 3.05. The van der Waals surface area contributed by atoms with Crippen LogP contribution in [-0.4, -0.2) is 67.4 Å². The van der Waals surface area contributed by atoms with E-state index in [1.165, 1.54) is 0 Å². The van der Waals surface area contributed by atoms with E-state index in [1.54, 1.807) is 11.3 Å². The molecular weight excluding hydrogens is 358 g/mol. The van der Waals surface area contributed by atoms with Gasteiger partial charge in [0.25, 0.3) is 0 Å². The van der Waals surface area contributed by atoms with Crippen LogP contribution in [-0.2, 0) is 16.4 Å². The highest BCUT2D eigenvalue weighted by Crippen LogP contribution is 2.37. The molecule has 4 rings (SSSR count). The number of likely N-dealkylation sites (tertiary alicyclic amines) is 1. The molecule has 25 heavy (non-hydrogen) atoms. The van der Waals surface area contributed by atoms with Crippen molar-refractivity contribution in [2.45, 2.75) is 24.8 Å². The Balaban J connectivity index is 1.52. The zero-order chi connectivity index (χ0) is 17.8. The number of rotatable bonds is 4. The Bertz CT molecular complexity index is 858. The fraction of sp³-hybridized carbons (Fsp3) is 0.588. The zero-order valence-electron chi connectivity index (χ0n) is 14.7. The topological polar surface area (TPSA) is 66.7 Å². The minimum atomic E-state index is -3.01. The largest absolute Gasteiger partial charge is 0.440 e. The molecule has 0 spiro atoms. The van der Waals surface area contributed by atoms with Crippen LogP contribution in [0.4, 0.5) is 0 Å². The first kappa shape index (κ1) is 17.2. The third-order valence-electron chi connectivity index (χ3n) is 5.40. The second-order valence-corrected chi connectivity index (χ2v) is 10.5. The van der Waals surface area contributed by atoms with Crippen molar-refractivity contribution in [3.05, 3.63) is 29.0 Å². The highest BCUT2D eigenvalue weighted by atomic mass is 32.2. The Morgan fingerprint density at radius 3 is 2.88 bits per heavy atom. The molecule has 8 heteroatoms. The van der Waals surface area contributed by atoms with Crippen molar-refractivity contribution in [2.75, 3.05) is 32.9 Å². The van der Waals surface area contributed by atoms with Gasteiger partial charge in [0.05, 0.1) is 21.6 Å². The molecule has 0 saturated carbocycles. The lowest BCUT2D eigenvalue weighted by atomic mass is 10.00. The van der Waals surface area contributed by atoms with E-state index in [0.29, 0.717) is 19.0 Å². The standard InChI is InChI=1S/C17H23N3O3S2/c1-11-13(18-17(23-11)15-5-4-6-24-15)8-20-7-12-14(19(2)3)10-25(21,22)16(12)9-20/h4-6,12,14,16H,7-10H2,1-3H3/t12-,14+,16-/m0/s1. The predicted octanol–water partition coefficient (Wildman–Crippen LogP) is 1.87. The number of aromatic nitrogens is 1. The molecule has 0 aromatic carbocycles. The van der Waals surface area contributed by atoms with Gasteiger partial charge in [-0.1, -0.05) is 6.07 Å². The fourth-order valence-electron chi connectivity index (χ4n) is 4.07. The summed E-state index contributed by atoms with van der Waals surface area (Å²) in [5, 5.41) is 1.76. The van der Waals surface area contributed by atoms with E-state index >= 15 is 0 Å². The average molecular weight is 382 g/mol. The molecule has 2 aliphatic heterocycles. The Kier molecular flexibility index (Phi) is 4.26. The van der Waals surface area contributed by atoms with Gasteiger partial charge in [-0.3, -0.25) is 4.90 Å². The molecule has 2 aromatic heterocycles. The Morgan fingerprint density at radius 2 is 2.20 bits per heavy atom. The van der Waals surface area contributed by atoms with E-state index < -0.39 is 9.84 Å². The first-order chi connectivity index (χ1) is 11.8. The maximum Gasteiger partial charge on any atom is 0.236 e. The molecule has 6 nitrogen and oxygen atoms in total. The molecule has 2 saturated heterocycles. The number of thiophene rings is 1. The molecule has 0 aliphatic carbocycles. The highest BCUT2D eigenvalue weighted by Gasteiger charge is 2.52. The van der Waals surface area contributed by atoms with E-state index in [0.717, 1.165) is 22.9 Å². The van der Waals surface area contributed by atoms with Gasteiger partial charge in [0.15, 0.2) is 9.84 Å². The smallest absolute Gasteiger partial charge is 0.236 e. The molecule has 0 amide bonds. The van der Waals surface area contributed by atoms with Crippen molar-refractivity contribution in [1.29, 1.82) is 0 Å². The summed E-state index contributed by atoms with van der Waals surface area (Å²) in [7, 11) is 0.936. The number of sulfone groups is 1. The second kappa shape index (κ2) is 6.19. The van der Waals surface area contributed by atoms with E-state index in [2.05, 4.69) is 14.8 Å². The van der Waals surface area contributed by atoms with Crippen LogP contribution >= 0.6 is 11.3 Å². The lowest BCUT2D eigenvalue weighted by Crippen LogP contribution is -2.37. The first-order valence-electron chi connectivity index (χ1n) is 8.45. The van der Waals surface area contributed by atoms with Crippen molar-refractivity contribution in [1.82, 2.24) is 14.8 Å². The van der Waals surface area contributed by atoms with Gasteiger partial charge in [-0.15, -0.1) is 11.3 Å². The monoisotopic (exact) mass is 381 g/mol. The summed E-state index contributed by atoms with van der Waals surface area (Å²) < 4.78 is 30.8. The number of oxazole rings is 1. The predicted molar refractivity (Wildman–Crippen MR) is 98.4 cm³/mol. The van der Waals surface area contributed by atoms with E-state index in [9.17, 15) is 8.42 Å². The molecule has 0 bridgehead atoms. The summed E-state index contributed by atoms with van der Waals surface area (Å²) in [5.74, 6) is 1.94. The molecule has 0 unspecified atom stereocenters. The van der Waals surface area contributed by atoms with E-state index in [4.69, 9.17) is 4.42 Å². The third-order valence-corrected chi connectivity index (χ3v) is 8.49. The molecule has 4 heterocycles. The summed E-state index contributed by atoms with van der Waals surface area (Å²) in [5.41, 5.74) is 0.905. The molecule has 3 atom stereocenters. The number of hydrogen-bond acceptors (Lipinski definition) is 7. The lowest BCUT2D eigenvalue weighted by molar-refractivity contribution is 0.228. The van der Waals surface area contributed by atoms with E-state index in [1.807, 2.05) is 38.5 Å². The number of fused-ring (bicyclic) bond motifs is 1. The van der Waals surface area contributed by atoms with Crippen LogP contribution in [0, 0.1) is 12.8 Å². The quantitative estimate of drug-likeness (QED) is 0.806. The Morgan fingerprint density at radius 1 is 1.40 bits per heavy atom. The van der Waals surface area contributed by atoms with Gasteiger partial charge < -0.3 is 9.32 Å². The Labute approximate surface area is 152 Å². The average Bonchev–Trinajstić information content (AvgIpc) is 3.27. The number of aryl methyl sites for hydroxylation is 1. The molecular formula is C17H23N3O3S2. The SMILES string of the molecule is Cc1oc(-c2cccs2)nc1CN1C[C@H]2[C@H](N(C)C)CS(=O)(=O)[C@H]2C1. The minimum Gasteiger partial charge on any atom is -0.440 e. The van der Waals surface area contributed by atoms with Crippen molar-refractivity contribution >= 4 is 21.2 Å². The summed E-state index contributed by atoms with van der Waals surface area (Å²) in [6.45, 7) is 3.96. The maximum absolute atomic E-state index is 12.5. The van der Waals surface area contributed by atoms with Crippen LogP contribution in [0.2, 0.25) is 0 Å². The summed E-state index contributed by atoms with van der Waals surface area (Å²) in [4.78, 5) is 9.93. The molecule has 2 fully saturated rings. The van der Waals surface area contributed by atoms with Crippen LogP contribution in [0.25, 0.3) is 10.8 Å². The summed E-state index contributed by atoms with van der Waals surface area (Å²) >= 11 is 1.60.